The van der Waals surface area contributed by atoms with Crippen LogP contribution in [0.5, 0.6) is 0 Å². The highest BCUT2D eigenvalue weighted by atomic mass is 35.5. The van der Waals surface area contributed by atoms with Gasteiger partial charge >= 0.3 is 0 Å². The maximum atomic E-state index is 13.5. The summed E-state index contributed by atoms with van der Waals surface area (Å²) >= 11 is 0. The maximum Gasteiger partial charge on any atom is 0.246 e. The van der Waals surface area contributed by atoms with Crippen molar-refractivity contribution >= 4 is 22.4 Å². The summed E-state index contributed by atoms with van der Waals surface area (Å²) in [5, 5.41) is 3.15. The monoisotopic (exact) mass is 376 g/mol. The molecule has 0 aromatic heterocycles. The molecule has 0 saturated carbocycles. The number of benzene rings is 1. The molecule has 1 fully saturated rings. The van der Waals surface area contributed by atoms with Gasteiger partial charge in [-0.25, -0.2) is 30.7 Å². The van der Waals surface area contributed by atoms with Crippen LogP contribution < -0.4 is 10.0 Å². The van der Waals surface area contributed by atoms with E-state index >= 15 is 0 Å². The SMILES string of the molecule is Cl.O=S(=O)(NCCC1CCCNC1)c1c(F)c(F)cc(F)c1F. The van der Waals surface area contributed by atoms with Crippen LogP contribution in [0.25, 0.3) is 0 Å². The van der Waals surface area contributed by atoms with Crippen LogP contribution in [0.2, 0.25) is 0 Å². The van der Waals surface area contributed by atoms with Crippen LogP contribution in [0.3, 0.4) is 0 Å². The number of halogens is 5. The van der Waals surface area contributed by atoms with Gasteiger partial charge in [-0.15, -0.1) is 12.4 Å². The van der Waals surface area contributed by atoms with Crippen molar-refractivity contribution in [3.63, 3.8) is 0 Å². The molecule has 1 atom stereocenters. The molecule has 0 amide bonds. The second-order valence-corrected chi connectivity index (χ2v) is 6.90. The topological polar surface area (TPSA) is 58.2 Å². The van der Waals surface area contributed by atoms with Gasteiger partial charge < -0.3 is 5.32 Å². The Hall–Kier alpha value is -0.900. The van der Waals surface area contributed by atoms with Gasteiger partial charge in [0.2, 0.25) is 10.0 Å². The molecular formula is C13H17ClF4N2O2S. The van der Waals surface area contributed by atoms with Crippen LogP contribution in [0.1, 0.15) is 19.3 Å². The Kier molecular flexibility index (Phi) is 7.25. The van der Waals surface area contributed by atoms with E-state index in [1.165, 1.54) is 0 Å². The van der Waals surface area contributed by atoms with Crippen LogP contribution in [-0.4, -0.2) is 28.1 Å². The van der Waals surface area contributed by atoms with Crippen molar-refractivity contribution in [3.8, 4) is 0 Å². The molecule has 10 heteroatoms. The van der Waals surface area contributed by atoms with Gasteiger partial charge in [0.05, 0.1) is 0 Å². The fraction of sp³-hybridized carbons (Fsp3) is 0.538. The third-order valence-corrected chi connectivity index (χ3v) is 5.06. The van der Waals surface area contributed by atoms with E-state index in [4.69, 9.17) is 0 Å². The molecule has 1 aliphatic heterocycles. The summed E-state index contributed by atoms with van der Waals surface area (Å²) in [4.78, 5) is -1.62. The molecule has 1 saturated heterocycles. The molecule has 1 aromatic rings. The molecule has 1 aromatic carbocycles. The zero-order chi connectivity index (χ0) is 16.3. The van der Waals surface area contributed by atoms with Crippen LogP contribution in [-0.2, 0) is 10.0 Å². The van der Waals surface area contributed by atoms with Gasteiger partial charge in [-0.1, -0.05) is 0 Å². The van der Waals surface area contributed by atoms with E-state index in [2.05, 4.69) is 5.32 Å². The van der Waals surface area contributed by atoms with E-state index < -0.39 is 38.2 Å². The van der Waals surface area contributed by atoms with Crippen molar-refractivity contribution < 1.29 is 26.0 Å². The first-order chi connectivity index (χ1) is 10.3. The summed E-state index contributed by atoms with van der Waals surface area (Å²) < 4.78 is 78.9. The predicted molar refractivity (Wildman–Crippen MR) is 78.9 cm³/mol. The fourth-order valence-electron chi connectivity index (χ4n) is 2.43. The molecule has 2 N–H and O–H groups in total. The smallest absolute Gasteiger partial charge is 0.246 e. The van der Waals surface area contributed by atoms with Crippen molar-refractivity contribution in [2.24, 2.45) is 5.92 Å². The van der Waals surface area contributed by atoms with Crippen molar-refractivity contribution in [1.82, 2.24) is 10.0 Å². The zero-order valence-electron chi connectivity index (χ0n) is 12.0. The summed E-state index contributed by atoms with van der Waals surface area (Å²) in [5.41, 5.74) is 0. The number of sulfonamides is 1. The molecule has 1 aliphatic rings. The Morgan fingerprint density at radius 2 is 1.78 bits per heavy atom. The number of rotatable bonds is 5. The first kappa shape index (κ1) is 20.1. The Labute approximate surface area is 138 Å². The first-order valence-corrected chi connectivity index (χ1v) is 8.34. The molecule has 23 heavy (non-hydrogen) atoms. The van der Waals surface area contributed by atoms with Gasteiger partial charge in [0, 0.05) is 12.6 Å². The maximum absolute atomic E-state index is 13.5. The quantitative estimate of drug-likeness (QED) is 0.612. The van der Waals surface area contributed by atoms with E-state index in [0.29, 0.717) is 6.42 Å². The van der Waals surface area contributed by atoms with Gasteiger partial charge in [0.15, 0.2) is 28.2 Å². The lowest BCUT2D eigenvalue weighted by Crippen LogP contribution is -2.33. The van der Waals surface area contributed by atoms with Gasteiger partial charge in [0.25, 0.3) is 0 Å². The van der Waals surface area contributed by atoms with Crippen molar-refractivity contribution in [2.45, 2.75) is 24.2 Å². The summed E-state index contributed by atoms with van der Waals surface area (Å²) in [7, 11) is -4.67. The molecule has 132 valence electrons. The highest BCUT2D eigenvalue weighted by molar-refractivity contribution is 7.89. The predicted octanol–water partition coefficient (Wildman–Crippen LogP) is 2.33. The fourth-order valence-corrected chi connectivity index (χ4v) is 3.62. The third kappa shape index (κ3) is 4.79. The van der Waals surface area contributed by atoms with E-state index in [0.717, 1.165) is 25.9 Å². The van der Waals surface area contributed by atoms with Crippen LogP contribution >= 0.6 is 12.4 Å². The van der Waals surface area contributed by atoms with E-state index in [9.17, 15) is 26.0 Å². The molecule has 0 radical (unpaired) electrons. The Morgan fingerprint density at radius 1 is 1.17 bits per heavy atom. The number of piperidine rings is 1. The molecule has 0 bridgehead atoms. The summed E-state index contributed by atoms with van der Waals surface area (Å²) in [6.45, 7) is 1.58. The standard InChI is InChI=1S/C13H16F4N2O2S.ClH/c14-9-6-10(15)12(17)13(11(9)16)22(20,21)19-5-3-8-2-1-4-18-7-8;/h6,8,18-19H,1-5,7H2;1H. The van der Waals surface area contributed by atoms with Crippen molar-refractivity contribution in [3.05, 3.63) is 29.3 Å². The van der Waals surface area contributed by atoms with Crippen LogP contribution in [0, 0.1) is 29.2 Å². The minimum absolute atomic E-state index is 0. The second-order valence-electron chi connectivity index (χ2n) is 5.20. The van der Waals surface area contributed by atoms with Gasteiger partial charge in [-0.2, -0.15) is 0 Å². The number of hydrogen-bond acceptors (Lipinski definition) is 3. The second kappa shape index (κ2) is 8.27. The Bertz CT molecular complexity index is 626. The molecule has 2 rings (SSSR count). The lowest BCUT2D eigenvalue weighted by atomic mass is 9.96. The minimum atomic E-state index is -4.67. The Morgan fingerprint density at radius 3 is 2.30 bits per heavy atom. The van der Waals surface area contributed by atoms with E-state index in [-0.39, 0.29) is 30.9 Å². The van der Waals surface area contributed by atoms with Crippen molar-refractivity contribution in [1.29, 1.82) is 0 Å². The lowest BCUT2D eigenvalue weighted by molar-refractivity contribution is 0.358. The molecule has 0 spiro atoms. The molecule has 1 heterocycles. The van der Waals surface area contributed by atoms with Gasteiger partial charge in [0.1, 0.15) is 0 Å². The summed E-state index contributed by atoms with van der Waals surface area (Å²) in [6, 6.07) is -0.0304. The average molecular weight is 377 g/mol. The van der Waals surface area contributed by atoms with Gasteiger partial charge in [-0.05, 0) is 38.3 Å². The average Bonchev–Trinajstić information content (AvgIpc) is 2.46. The van der Waals surface area contributed by atoms with Crippen molar-refractivity contribution in [2.75, 3.05) is 19.6 Å². The highest BCUT2D eigenvalue weighted by Gasteiger charge is 2.29. The van der Waals surface area contributed by atoms with Gasteiger partial charge in [-0.3, -0.25) is 0 Å². The van der Waals surface area contributed by atoms with Crippen LogP contribution in [0.15, 0.2) is 11.0 Å². The highest BCUT2D eigenvalue weighted by Crippen LogP contribution is 2.23. The Balaban J connectivity index is 0.00000264. The summed E-state index contributed by atoms with van der Waals surface area (Å²) in [6.07, 6.45) is 2.36. The van der Waals surface area contributed by atoms with E-state index in [1.807, 2.05) is 4.72 Å². The lowest BCUT2D eigenvalue weighted by Gasteiger charge is -2.22. The molecular weight excluding hydrogens is 360 g/mol. The normalized spacial score (nSPS) is 18.5. The van der Waals surface area contributed by atoms with Crippen LogP contribution in [0.4, 0.5) is 17.6 Å². The minimum Gasteiger partial charge on any atom is -0.316 e. The van der Waals surface area contributed by atoms with E-state index in [1.54, 1.807) is 0 Å². The zero-order valence-corrected chi connectivity index (χ0v) is 13.7. The molecule has 1 unspecified atom stereocenters. The number of hydrogen-bond donors (Lipinski definition) is 2. The summed E-state index contributed by atoms with van der Waals surface area (Å²) in [5.74, 6) is -7.11. The first-order valence-electron chi connectivity index (χ1n) is 6.86. The molecule has 4 nitrogen and oxygen atoms in total. The number of nitrogens with one attached hydrogen (secondary N) is 2. The largest absolute Gasteiger partial charge is 0.316 e. The molecule has 0 aliphatic carbocycles. The third-order valence-electron chi connectivity index (χ3n) is 3.58.